The van der Waals surface area contributed by atoms with E-state index in [1.165, 1.54) is 6.92 Å². The van der Waals surface area contributed by atoms with Gasteiger partial charge in [0.25, 0.3) is 0 Å². The maximum Gasteiger partial charge on any atom is 0.195 e. The van der Waals surface area contributed by atoms with Crippen molar-refractivity contribution < 1.29 is 19.0 Å². The first-order valence-corrected chi connectivity index (χ1v) is 5.99. The average Bonchev–Trinajstić information content (AvgIpc) is 2.36. The van der Waals surface area contributed by atoms with Crippen LogP contribution in [0, 0.1) is 0 Å². The Balaban J connectivity index is 2.32. The maximum atomic E-state index is 11.7. The van der Waals surface area contributed by atoms with Gasteiger partial charge < -0.3 is 19.9 Å². The van der Waals surface area contributed by atoms with Crippen LogP contribution < -0.4 is 10.5 Å². The number of hydrogen-bond acceptors (Lipinski definition) is 5. The van der Waals surface area contributed by atoms with Gasteiger partial charge >= 0.3 is 0 Å². The number of Topliss-reactive ketones (excluding diaryl/α,β-unsaturated/α-hetero) is 1. The third-order valence-corrected chi connectivity index (χ3v) is 2.94. The van der Waals surface area contributed by atoms with E-state index in [1.54, 1.807) is 38.3 Å². The molecule has 0 aliphatic carbocycles. The first-order valence-electron chi connectivity index (χ1n) is 5.99. The molecule has 1 heterocycles. The predicted octanol–water partition coefficient (Wildman–Crippen LogP) is 1.67. The van der Waals surface area contributed by atoms with Crippen LogP contribution in [0.5, 0.6) is 5.75 Å². The van der Waals surface area contributed by atoms with E-state index in [-0.39, 0.29) is 12.1 Å². The lowest BCUT2D eigenvalue weighted by atomic mass is 10.0. The predicted molar refractivity (Wildman–Crippen MR) is 70.2 cm³/mol. The van der Waals surface area contributed by atoms with Crippen LogP contribution in [0.1, 0.15) is 19.4 Å². The van der Waals surface area contributed by atoms with Crippen LogP contribution in [0.4, 0.5) is 0 Å². The first kappa shape index (κ1) is 13.6. The summed E-state index contributed by atoms with van der Waals surface area (Å²) in [6.07, 6.45) is -0.974. The number of rotatable bonds is 4. The van der Waals surface area contributed by atoms with E-state index >= 15 is 0 Å². The third kappa shape index (κ3) is 2.77. The molecule has 19 heavy (non-hydrogen) atoms. The molecule has 0 atom stereocenters. The van der Waals surface area contributed by atoms with Crippen molar-refractivity contribution in [1.82, 2.24) is 0 Å². The van der Waals surface area contributed by atoms with Crippen molar-refractivity contribution in [3.63, 3.8) is 0 Å². The molecule has 1 aromatic carbocycles. The molecule has 0 unspecified atom stereocenters. The van der Waals surface area contributed by atoms with Gasteiger partial charge in [0, 0.05) is 0 Å². The number of ketones is 1. The molecule has 0 radical (unpaired) electrons. The number of methoxy groups -OCH3 is 1. The number of carbonyl (C=O) groups excluding carboxylic acids is 1. The zero-order valence-corrected chi connectivity index (χ0v) is 11.2. The summed E-state index contributed by atoms with van der Waals surface area (Å²) in [4.78, 5) is 11.7. The topological polar surface area (TPSA) is 70.8 Å². The van der Waals surface area contributed by atoms with Crippen LogP contribution in [-0.4, -0.2) is 25.5 Å². The molecule has 2 N–H and O–H groups in total. The maximum absolute atomic E-state index is 11.7. The highest BCUT2D eigenvalue weighted by Crippen LogP contribution is 2.28. The molecule has 1 aliphatic heterocycles. The van der Waals surface area contributed by atoms with Crippen molar-refractivity contribution in [3.05, 3.63) is 35.4 Å². The Bertz CT molecular complexity index is 501. The molecule has 0 spiro atoms. The molecule has 1 aliphatic rings. The van der Waals surface area contributed by atoms with E-state index in [0.717, 1.165) is 11.3 Å². The Labute approximate surface area is 111 Å². The van der Waals surface area contributed by atoms with E-state index in [4.69, 9.17) is 19.9 Å². The summed E-state index contributed by atoms with van der Waals surface area (Å²) in [5.74, 6) is 0.566. The van der Waals surface area contributed by atoms with Gasteiger partial charge in [-0.05, 0) is 43.7 Å². The van der Waals surface area contributed by atoms with Crippen molar-refractivity contribution in [2.24, 2.45) is 5.73 Å². The lowest BCUT2D eigenvalue weighted by Crippen LogP contribution is -2.42. The zero-order chi connectivity index (χ0) is 14.0. The van der Waals surface area contributed by atoms with Gasteiger partial charge in [-0.3, -0.25) is 4.79 Å². The van der Waals surface area contributed by atoms with E-state index in [1.807, 2.05) is 0 Å². The van der Waals surface area contributed by atoms with Crippen molar-refractivity contribution in [1.29, 1.82) is 0 Å². The number of nitrogens with two attached hydrogens (primary N) is 1. The smallest absolute Gasteiger partial charge is 0.195 e. The number of ether oxygens (including phenoxy) is 3. The molecule has 0 aromatic heterocycles. The molecule has 5 heteroatoms. The average molecular weight is 263 g/mol. The van der Waals surface area contributed by atoms with Gasteiger partial charge in [-0.2, -0.15) is 0 Å². The van der Waals surface area contributed by atoms with Crippen molar-refractivity contribution >= 4 is 11.5 Å². The third-order valence-electron chi connectivity index (χ3n) is 2.94. The fourth-order valence-electron chi connectivity index (χ4n) is 1.90. The second kappa shape index (κ2) is 5.42. The lowest BCUT2D eigenvalue weighted by molar-refractivity contribution is -0.357. The molecule has 0 bridgehead atoms. The van der Waals surface area contributed by atoms with Crippen LogP contribution in [0.3, 0.4) is 0 Å². The van der Waals surface area contributed by atoms with Gasteiger partial charge in [0.2, 0.25) is 0 Å². The van der Waals surface area contributed by atoms with Crippen LogP contribution in [-0.2, 0) is 14.3 Å². The van der Waals surface area contributed by atoms with Crippen molar-refractivity contribution in [2.75, 3.05) is 7.11 Å². The molecule has 5 nitrogen and oxygen atoms in total. The zero-order valence-electron chi connectivity index (χ0n) is 11.2. The van der Waals surface area contributed by atoms with Gasteiger partial charge in [-0.1, -0.05) is 0 Å². The molecule has 1 saturated heterocycles. The van der Waals surface area contributed by atoms with E-state index in [2.05, 4.69) is 0 Å². The largest absolute Gasteiger partial charge is 0.497 e. The Hall–Kier alpha value is -1.85. The summed E-state index contributed by atoms with van der Waals surface area (Å²) in [7, 11) is 1.59. The molecule has 0 saturated carbocycles. The minimum Gasteiger partial charge on any atom is -0.497 e. The van der Waals surface area contributed by atoms with E-state index in [0.29, 0.717) is 11.3 Å². The summed E-state index contributed by atoms with van der Waals surface area (Å²) in [6.45, 7) is 3.21. The van der Waals surface area contributed by atoms with Crippen LogP contribution in [0.25, 0.3) is 5.70 Å². The van der Waals surface area contributed by atoms with E-state index in [9.17, 15) is 4.79 Å². The van der Waals surface area contributed by atoms with Gasteiger partial charge in [-0.15, -0.1) is 0 Å². The second-order valence-corrected chi connectivity index (χ2v) is 4.28. The van der Waals surface area contributed by atoms with E-state index < -0.39 is 6.29 Å². The van der Waals surface area contributed by atoms with Crippen LogP contribution in [0.2, 0.25) is 0 Å². The van der Waals surface area contributed by atoms with Crippen molar-refractivity contribution in [3.8, 4) is 5.75 Å². The molecule has 1 aromatic rings. The summed E-state index contributed by atoms with van der Waals surface area (Å²) in [6, 6.07) is 7.15. The Morgan fingerprint density at radius 2 is 1.84 bits per heavy atom. The normalized spacial score (nSPS) is 23.3. The Morgan fingerprint density at radius 1 is 1.26 bits per heavy atom. The summed E-state index contributed by atoms with van der Waals surface area (Å²) >= 11 is 0. The summed E-state index contributed by atoms with van der Waals surface area (Å²) in [5.41, 5.74) is 7.50. The number of benzene rings is 1. The number of carbonyl (C=O) groups is 1. The van der Waals surface area contributed by atoms with Crippen LogP contribution in [0.15, 0.2) is 29.8 Å². The Kier molecular flexibility index (Phi) is 3.87. The minimum absolute atomic E-state index is 0.162. The number of hydrogen-bond donors (Lipinski definition) is 1. The highest BCUT2D eigenvalue weighted by molar-refractivity contribution is 6.01. The SMILES string of the molecule is COc1ccc(/C(N)=C(/C(C)=O)C2OC(C)O2)cc1. The highest BCUT2D eigenvalue weighted by Gasteiger charge is 2.34. The molecule has 102 valence electrons. The van der Waals surface area contributed by atoms with Crippen LogP contribution >= 0.6 is 0 Å². The fourth-order valence-corrected chi connectivity index (χ4v) is 1.90. The van der Waals surface area contributed by atoms with Gasteiger partial charge in [0.1, 0.15) is 5.75 Å². The van der Waals surface area contributed by atoms with Gasteiger partial charge in [0.05, 0.1) is 18.4 Å². The second-order valence-electron chi connectivity index (χ2n) is 4.28. The standard InChI is InChI=1S/C14H17NO4/c1-8(16)12(14-18-9(2)19-14)13(15)10-4-6-11(17-3)7-5-10/h4-7,9,14H,15H2,1-3H3/b13-12+. The lowest BCUT2D eigenvalue weighted by Gasteiger charge is -2.35. The monoisotopic (exact) mass is 263 g/mol. The molecular weight excluding hydrogens is 246 g/mol. The molecule has 1 fully saturated rings. The molecule has 0 amide bonds. The minimum atomic E-state index is -0.672. The first-order chi connectivity index (χ1) is 9.02. The van der Waals surface area contributed by atoms with Crippen molar-refractivity contribution in [2.45, 2.75) is 26.4 Å². The summed E-state index contributed by atoms with van der Waals surface area (Å²) in [5, 5.41) is 0. The van der Waals surface area contributed by atoms with Gasteiger partial charge in [0.15, 0.2) is 18.4 Å². The van der Waals surface area contributed by atoms with Gasteiger partial charge in [-0.25, -0.2) is 0 Å². The quantitative estimate of drug-likeness (QED) is 0.837. The Morgan fingerprint density at radius 3 is 2.26 bits per heavy atom. The molecular formula is C14H17NO4. The summed E-state index contributed by atoms with van der Waals surface area (Å²) < 4.78 is 15.8. The fraction of sp³-hybridized carbons (Fsp3) is 0.357. The molecule has 2 rings (SSSR count). The highest BCUT2D eigenvalue weighted by atomic mass is 16.9.